The highest BCUT2D eigenvalue weighted by atomic mass is 80.0. The number of alkyl halides is 3. The van der Waals surface area contributed by atoms with E-state index in [0.717, 1.165) is 0 Å². The molecular formula is C4H2Br3O3. The highest BCUT2D eigenvalue weighted by Crippen LogP contribution is 2.34. The molecule has 3 nitrogen and oxygen atoms in total. The van der Waals surface area contributed by atoms with Crippen LogP contribution in [0, 0.1) is 6.92 Å². The Kier molecular flexibility index (Phi) is 4.05. The zero-order valence-electron chi connectivity index (χ0n) is 4.57. The topological polar surface area (TPSA) is 43.4 Å². The summed E-state index contributed by atoms with van der Waals surface area (Å²) in [6.07, 6.45) is 0. The monoisotopic (exact) mass is 335 g/mol. The predicted molar refractivity (Wildman–Crippen MR) is 46.0 cm³/mol. The van der Waals surface area contributed by atoms with Gasteiger partial charge < -0.3 is 4.74 Å². The summed E-state index contributed by atoms with van der Waals surface area (Å²) in [5, 5.41) is 0. The zero-order valence-corrected chi connectivity index (χ0v) is 9.32. The minimum absolute atomic E-state index is 0.799. The first-order chi connectivity index (χ1) is 4.34. The van der Waals surface area contributed by atoms with Gasteiger partial charge in [0, 0.05) is 0 Å². The maximum absolute atomic E-state index is 10.7. The number of carbonyl (C=O) groups excluding carboxylic acids is 2. The van der Waals surface area contributed by atoms with Crippen molar-refractivity contribution in [3.05, 3.63) is 6.92 Å². The highest BCUT2D eigenvalue weighted by Gasteiger charge is 2.31. The fourth-order valence-corrected chi connectivity index (χ4v) is 0.404. The van der Waals surface area contributed by atoms with Gasteiger partial charge >= 0.3 is 11.9 Å². The first kappa shape index (κ1) is 10.6. The van der Waals surface area contributed by atoms with Crippen molar-refractivity contribution >= 4 is 59.7 Å². The van der Waals surface area contributed by atoms with Crippen LogP contribution in [0.5, 0.6) is 0 Å². The van der Waals surface area contributed by atoms with Gasteiger partial charge in [-0.1, -0.05) is 0 Å². The largest absolute Gasteiger partial charge is 0.391 e. The second-order valence-electron chi connectivity index (χ2n) is 1.26. The van der Waals surface area contributed by atoms with Crippen LogP contribution in [-0.2, 0) is 14.3 Å². The Balaban J connectivity index is 3.99. The van der Waals surface area contributed by atoms with Crippen LogP contribution in [0.2, 0.25) is 0 Å². The number of halogens is 3. The van der Waals surface area contributed by atoms with Gasteiger partial charge in [0.05, 0.1) is 6.92 Å². The molecule has 0 heterocycles. The van der Waals surface area contributed by atoms with E-state index in [4.69, 9.17) is 0 Å². The number of hydrogen-bond acceptors (Lipinski definition) is 3. The van der Waals surface area contributed by atoms with E-state index in [2.05, 4.69) is 59.5 Å². The Hall–Kier alpha value is 0.580. The molecule has 0 aromatic rings. The molecule has 0 bridgehead atoms. The van der Waals surface area contributed by atoms with E-state index < -0.39 is 14.1 Å². The van der Waals surface area contributed by atoms with Gasteiger partial charge in [-0.25, -0.2) is 4.79 Å². The third-order valence-corrected chi connectivity index (χ3v) is 1.41. The molecule has 0 unspecified atom stereocenters. The van der Waals surface area contributed by atoms with E-state index in [9.17, 15) is 9.59 Å². The highest BCUT2D eigenvalue weighted by molar-refractivity contribution is 9.40. The molecule has 6 heteroatoms. The van der Waals surface area contributed by atoms with Crippen LogP contribution in [0.3, 0.4) is 0 Å². The van der Waals surface area contributed by atoms with Gasteiger partial charge in [0.15, 0.2) is 0 Å². The Morgan fingerprint density at radius 1 is 1.30 bits per heavy atom. The van der Waals surface area contributed by atoms with Gasteiger partial charge in [0.1, 0.15) is 0 Å². The molecule has 0 aliphatic heterocycles. The SMILES string of the molecule is [CH2]C(=O)OC(=O)C(Br)(Br)Br. The third-order valence-electron chi connectivity index (χ3n) is 0.438. The van der Waals surface area contributed by atoms with Gasteiger partial charge in [-0.2, -0.15) is 0 Å². The number of carbonyl (C=O) groups is 2. The summed E-state index contributed by atoms with van der Waals surface area (Å²) >= 11 is 8.55. The van der Waals surface area contributed by atoms with Crippen LogP contribution in [0.1, 0.15) is 0 Å². The van der Waals surface area contributed by atoms with Gasteiger partial charge in [0.2, 0.25) is 2.14 Å². The molecule has 57 valence electrons. The smallest absolute Gasteiger partial charge is 0.352 e. The quantitative estimate of drug-likeness (QED) is 0.384. The van der Waals surface area contributed by atoms with Crippen LogP contribution in [0.15, 0.2) is 0 Å². The second-order valence-corrected chi connectivity index (χ2v) is 8.02. The molecule has 0 fully saturated rings. The standard InChI is InChI=1S/C4H2Br3O3/c1-2(8)10-3(9)4(5,6)7/h1H2. The van der Waals surface area contributed by atoms with Crippen molar-refractivity contribution in [2.24, 2.45) is 0 Å². The van der Waals surface area contributed by atoms with E-state index >= 15 is 0 Å². The number of ether oxygens (including phenoxy) is 1. The summed E-state index contributed by atoms with van der Waals surface area (Å²) < 4.78 is 2.89. The normalized spacial score (nSPS) is 10.8. The lowest BCUT2D eigenvalue weighted by Crippen LogP contribution is -2.22. The molecule has 0 saturated heterocycles. The molecule has 0 amide bonds. The van der Waals surface area contributed by atoms with E-state index in [0.29, 0.717) is 0 Å². The van der Waals surface area contributed by atoms with E-state index in [1.165, 1.54) is 0 Å². The molecule has 0 spiro atoms. The van der Waals surface area contributed by atoms with Crippen molar-refractivity contribution in [1.29, 1.82) is 0 Å². The molecule has 0 aromatic heterocycles. The average Bonchev–Trinajstić information content (AvgIpc) is 1.60. The summed E-state index contributed by atoms with van der Waals surface area (Å²) in [6.45, 7) is 2.85. The van der Waals surface area contributed by atoms with Crippen molar-refractivity contribution in [1.82, 2.24) is 0 Å². The molecule has 0 aliphatic carbocycles. The Bertz CT molecular complexity index is 160. The van der Waals surface area contributed by atoms with Crippen LogP contribution < -0.4 is 0 Å². The third kappa shape index (κ3) is 4.40. The zero-order chi connectivity index (χ0) is 8.36. The Labute approximate surface area is 82.9 Å². The molecule has 0 N–H and O–H groups in total. The molecule has 0 saturated carbocycles. The Morgan fingerprint density at radius 2 is 1.70 bits per heavy atom. The lowest BCUT2D eigenvalue weighted by Gasteiger charge is -2.07. The van der Waals surface area contributed by atoms with E-state index in [1.807, 2.05) is 0 Å². The van der Waals surface area contributed by atoms with Crippen molar-refractivity contribution in [2.75, 3.05) is 0 Å². The Morgan fingerprint density at radius 3 is 1.80 bits per heavy atom. The fourth-order valence-electron chi connectivity index (χ4n) is 0.161. The van der Waals surface area contributed by atoms with E-state index in [-0.39, 0.29) is 0 Å². The van der Waals surface area contributed by atoms with Gasteiger partial charge in [-0.15, -0.1) is 0 Å². The van der Waals surface area contributed by atoms with E-state index in [1.54, 1.807) is 0 Å². The van der Waals surface area contributed by atoms with Crippen molar-refractivity contribution in [2.45, 2.75) is 2.14 Å². The maximum Gasteiger partial charge on any atom is 0.352 e. The van der Waals surface area contributed by atoms with Crippen LogP contribution in [0.25, 0.3) is 0 Å². The lowest BCUT2D eigenvalue weighted by atomic mass is 10.7. The molecule has 0 atom stereocenters. The summed E-state index contributed by atoms with van der Waals surface area (Å²) in [4.78, 5) is 20.7. The molecule has 0 aromatic carbocycles. The summed E-state index contributed by atoms with van der Waals surface area (Å²) in [6, 6.07) is 0. The minimum atomic E-state index is -1.19. The molecule has 0 aliphatic rings. The summed E-state index contributed by atoms with van der Waals surface area (Å²) in [7, 11) is 0. The first-order valence-corrected chi connectivity index (χ1v) is 4.37. The van der Waals surface area contributed by atoms with Gasteiger partial charge in [-0.3, -0.25) is 4.79 Å². The molecule has 1 radical (unpaired) electrons. The number of hydrogen-bond donors (Lipinski definition) is 0. The van der Waals surface area contributed by atoms with Crippen molar-refractivity contribution in [3.63, 3.8) is 0 Å². The van der Waals surface area contributed by atoms with Gasteiger partial charge in [0.25, 0.3) is 0 Å². The fraction of sp³-hybridized carbons (Fsp3) is 0.250. The number of esters is 2. The van der Waals surface area contributed by atoms with Crippen LogP contribution in [0.4, 0.5) is 0 Å². The molecule has 10 heavy (non-hydrogen) atoms. The number of rotatable bonds is 0. The predicted octanol–water partition coefficient (Wildman–Crippen LogP) is 1.73. The maximum atomic E-state index is 10.7. The van der Waals surface area contributed by atoms with Crippen molar-refractivity contribution in [3.8, 4) is 0 Å². The summed E-state index contributed by atoms with van der Waals surface area (Å²) in [5.41, 5.74) is 0. The molecule has 0 rings (SSSR count). The van der Waals surface area contributed by atoms with Crippen LogP contribution in [-0.4, -0.2) is 14.1 Å². The van der Waals surface area contributed by atoms with Gasteiger partial charge in [-0.05, 0) is 47.8 Å². The van der Waals surface area contributed by atoms with Crippen molar-refractivity contribution < 1.29 is 14.3 Å². The summed E-state index contributed by atoms with van der Waals surface area (Å²) in [5.74, 6) is -1.69. The van der Waals surface area contributed by atoms with Crippen LogP contribution >= 0.6 is 47.8 Å². The lowest BCUT2D eigenvalue weighted by molar-refractivity contribution is -0.154. The average molecular weight is 338 g/mol. The first-order valence-electron chi connectivity index (χ1n) is 1.99. The second kappa shape index (κ2) is 3.82. The molecular weight excluding hydrogens is 336 g/mol. The minimum Gasteiger partial charge on any atom is -0.391 e.